The molecular weight excluding hydrogens is 1260 g/mol. The molecule has 4 unspecified atom stereocenters. The second-order valence-corrected chi connectivity index (χ2v) is 30.4. The third-order valence-corrected chi connectivity index (χ3v) is 22.3. The van der Waals surface area contributed by atoms with Crippen LogP contribution in [0.3, 0.4) is 0 Å². The Hall–Kier alpha value is -3.55. The van der Waals surface area contributed by atoms with Crippen molar-refractivity contribution >= 4 is 18.2 Å². The molecule has 2 fully saturated rings. The molecule has 2 saturated heterocycles. The monoisotopic (exact) mass is 1390 g/mol. The van der Waals surface area contributed by atoms with Crippen molar-refractivity contribution in [1.29, 1.82) is 0 Å². The fourth-order valence-electron chi connectivity index (χ4n) is 15.3. The maximum Gasteiger partial charge on any atom is 0.331 e. The number of aliphatic hydroxyl groups excluding tert-OH is 8. The first-order valence-corrected chi connectivity index (χ1v) is 37.0. The first-order chi connectivity index (χ1) is 46.4. The van der Waals surface area contributed by atoms with E-state index in [0.717, 1.165) is 32.0 Å². The van der Waals surface area contributed by atoms with Crippen LogP contribution < -0.4 is 0 Å². The molecule has 5 rings (SSSR count). The van der Waals surface area contributed by atoms with Gasteiger partial charge in [0.15, 0.2) is 0 Å². The highest BCUT2D eigenvalue weighted by Gasteiger charge is 2.42. The molecule has 0 saturated carbocycles. The van der Waals surface area contributed by atoms with Crippen LogP contribution in [-0.2, 0) is 57.0 Å². The van der Waals surface area contributed by atoms with Crippen molar-refractivity contribution in [2.45, 2.75) is 327 Å². The molecule has 0 aromatic carbocycles. The van der Waals surface area contributed by atoms with Crippen LogP contribution in [0.2, 0.25) is 0 Å². The Morgan fingerprint density at radius 2 is 0.969 bits per heavy atom. The van der Waals surface area contributed by atoms with Crippen molar-refractivity contribution in [3.63, 3.8) is 0 Å². The van der Waals surface area contributed by atoms with E-state index in [-0.39, 0.29) is 99.5 Å². The molecule has 30 atom stereocenters. The van der Waals surface area contributed by atoms with Gasteiger partial charge >= 0.3 is 11.9 Å². The number of aldehydes is 1. The minimum absolute atomic E-state index is 0.0219. The number of aliphatic hydroxyl groups is 8. The highest BCUT2D eigenvalue weighted by molar-refractivity contribution is 5.83. The molecule has 562 valence electrons. The number of cyclic esters (lactones) is 2. The lowest BCUT2D eigenvalue weighted by Crippen LogP contribution is -2.45. The molecule has 0 aromatic heterocycles. The summed E-state index contributed by atoms with van der Waals surface area (Å²) in [6, 6.07) is 0. The zero-order valence-corrected chi connectivity index (χ0v) is 61.9. The summed E-state index contributed by atoms with van der Waals surface area (Å²) >= 11 is 0. The van der Waals surface area contributed by atoms with Crippen molar-refractivity contribution < 1.29 is 97.9 Å². The van der Waals surface area contributed by atoms with Crippen LogP contribution in [0.5, 0.6) is 0 Å². The van der Waals surface area contributed by atoms with Crippen LogP contribution in [0.4, 0.5) is 0 Å². The van der Waals surface area contributed by atoms with Gasteiger partial charge in [-0.2, -0.15) is 0 Å². The zero-order chi connectivity index (χ0) is 72.5. The fraction of sp³-hybridized carbons (Fsp3) is 0.808. The first-order valence-electron chi connectivity index (χ1n) is 37.0. The number of methoxy groups -OCH3 is 3. The topological polar surface area (TPSA) is 296 Å². The lowest BCUT2D eigenvalue weighted by atomic mass is 9.78. The number of rotatable bonds is 14. The Labute approximate surface area is 587 Å². The SMILES string of the molecule is CO[C@H]1CC(CC[C@H](C)[C@@H]2OC(=O)C=CC(C)=CCC(O)C[C@@H]3C=CCC(C[C@H](C=O)[C@@H](C)[C@@H](O)C[C@@H](O)[C@H](C)[C@@H]([C@@H](C)[C@@H](O)[C@@H](C)CC[C@H]4C[C@H](OC)C[C@H](C)O4)OC(=O)C=CC(C)=CC[C@H](O)C[C@@H]4C=CCC(C[C@H](OC)[C@@H](C)[C@@H](O)C[C@@H](O)[C@H](C)[C@H](O)[C@H]2C)O4)O3)O[C@@H](C)C1. The number of ether oxygens (including phenoxy) is 9. The largest absolute Gasteiger partial charge is 0.459 e. The van der Waals surface area contributed by atoms with Gasteiger partial charge in [0.1, 0.15) is 18.5 Å². The van der Waals surface area contributed by atoms with E-state index in [1.165, 1.54) is 12.2 Å². The third-order valence-electron chi connectivity index (χ3n) is 22.3. The zero-order valence-electron chi connectivity index (χ0n) is 61.9. The van der Waals surface area contributed by atoms with Crippen molar-refractivity contribution in [1.82, 2.24) is 0 Å². The van der Waals surface area contributed by atoms with E-state index in [1.54, 1.807) is 68.1 Å². The van der Waals surface area contributed by atoms with Gasteiger partial charge in [0.2, 0.25) is 0 Å². The number of carbonyl (C=O) groups is 3. The smallest absolute Gasteiger partial charge is 0.331 e. The number of allylic oxidation sites excluding steroid dienone is 4. The van der Waals surface area contributed by atoms with E-state index in [9.17, 15) is 55.2 Å². The van der Waals surface area contributed by atoms with Gasteiger partial charge < -0.3 is 88.3 Å². The van der Waals surface area contributed by atoms with Crippen LogP contribution in [0.25, 0.3) is 0 Å². The predicted molar refractivity (Wildman–Crippen MR) is 376 cm³/mol. The summed E-state index contributed by atoms with van der Waals surface area (Å²) in [5, 5.41) is 93.9. The molecule has 98 heavy (non-hydrogen) atoms. The summed E-state index contributed by atoms with van der Waals surface area (Å²) in [6.07, 6.45) is 14.2. The Morgan fingerprint density at radius 3 is 1.46 bits per heavy atom. The van der Waals surface area contributed by atoms with Crippen LogP contribution >= 0.6 is 0 Å². The van der Waals surface area contributed by atoms with E-state index in [1.807, 2.05) is 84.9 Å². The molecule has 0 amide bonds. The summed E-state index contributed by atoms with van der Waals surface area (Å²) in [4.78, 5) is 40.6. The van der Waals surface area contributed by atoms with E-state index in [4.69, 9.17) is 42.6 Å². The summed E-state index contributed by atoms with van der Waals surface area (Å²) in [5.74, 6) is -6.40. The molecule has 0 spiro atoms. The van der Waals surface area contributed by atoms with Gasteiger partial charge in [-0.1, -0.05) is 115 Å². The van der Waals surface area contributed by atoms with Crippen molar-refractivity contribution in [2.24, 2.45) is 53.3 Å². The predicted octanol–water partition coefficient (Wildman–Crippen LogP) is 9.91. The van der Waals surface area contributed by atoms with E-state index in [2.05, 4.69) is 0 Å². The van der Waals surface area contributed by atoms with Gasteiger partial charge in [-0.3, -0.25) is 0 Å². The minimum Gasteiger partial charge on any atom is -0.459 e. The number of esters is 2. The normalized spacial score (nSPS) is 40.4. The molecule has 5 heterocycles. The molecule has 5 aliphatic heterocycles. The Morgan fingerprint density at radius 1 is 0.510 bits per heavy atom. The molecule has 0 aromatic rings. The lowest BCUT2D eigenvalue weighted by molar-refractivity contribution is -0.158. The molecule has 0 aliphatic carbocycles. The van der Waals surface area contributed by atoms with Gasteiger partial charge in [0, 0.05) is 88.3 Å². The molecule has 0 radical (unpaired) electrons. The van der Waals surface area contributed by atoms with Gasteiger partial charge in [0.05, 0.1) is 116 Å². The standard InChI is InChI=1S/C78H130O20/c1-45-22-28-58(80)37-61-19-16-18-60(95-61)36-57(44-79)51(7)68(82)42-71(85)54(10)78(55(11)75(88)47(3)26-30-64-39-66(90-13)34-49(5)93-64)98-74(87)33-25-46(2)23-29-59(81)38-62-20-17-21-63(96-62)41-72(92-15)52(8)69(83)43-70(84)53(9)76(89)56(12)77(97-73(86)32-24-45)48(4)27-31-65-40-67(91-14)35-50(6)94-65/h16-17,19-20,22-25,32-33,44,47-72,75-78,80-85,88-89H,18,21,26-31,34-43H2,1-15H3/t47-,48-,49-,50-,51+,52-,53-,54-,55-,56+,57+,58?,59-,60?,61-,62-,63?,64-,65?,66+,67+,68-,69-,70+,71+,72-,75-,76-,77-,78-/m0/s1. The van der Waals surface area contributed by atoms with Crippen LogP contribution in [-0.4, -0.2) is 209 Å². The van der Waals surface area contributed by atoms with Gasteiger partial charge in [0.25, 0.3) is 0 Å². The van der Waals surface area contributed by atoms with Crippen molar-refractivity contribution in [3.05, 3.63) is 71.9 Å². The number of hydrogen-bond donors (Lipinski definition) is 8. The van der Waals surface area contributed by atoms with Gasteiger partial charge in [-0.25, -0.2) is 9.59 Å². The van der Waals surface area contributed by atoms with Crippen LogP contribution in [0, 0.1) is 53.3 Å². The average Bonchev–Trinajstić information content (AvgIpc) is 0.851. The van der Waals surface area contributed by atoms with Crippen molar-refractivity contribution in [2.75, 3.05) is 21.3 Å². The summed E-state index contributed by atoms with van der Waals surface area (Å²) < 4.78 is 55.3. The first kappa shape index (κ1) is 85.1. The molecule has 4 bridgehead atoms. The number of carbonyl (C=O) groups excluding carboxylic acids is 3. The molecule has 20 nitrogen and oxygen atoms in total. The number of fused-ring (bicyclic) bond motifs is 4. The maximum absolute atomic E-state index is 13.9. The molecular formula is C78H130O20. The van der Waals surface area contributed by atoms with Gasteiger partial charge in [-0.15, -0.1) is 0 Å². The average molecular weight is 1390 g/mol. The molecule has 5 aliphatic rings. The van der Waals surface area contributed by atoms with Crippen LogP contribution in [0.15, 0.2) is 71.9 Å². The summed E-state index contributed by atoms with van der Waals surface area (Å²) in [7, 11) is 4.99. The van der Waals surface area contributed by atoms with Crippen molar-refractivity contribution in [3.8, 4) is 0 Å². The van der Waals surface area contributed by atoms with Crippen LogP contribution in [0.1, 0.15) is 199 Å². The van der Waals surface area contributed by atoms with E-state index in [0.29, 0.717) is 56.1 Å². The fourth-order valence-corrected chi connectivity index (χ4v) is 15.3. The Kier molecular flexibility index (Phi) is 37.3. The molecule has 20 heteroatoms. The third kappa shape index (κ3) is 27.9. The lowest BCUT2D eigenvalue weighted by Gasteiger charge is -2.38. The second kappa shape index (κ2) is 42.9. The Balaban J connectivity index is 1.37. The highest BCUT2D eigenvalue weighted by Crippen LogP contribution is 2.37. The maximum atomic E-state index is 13.9. The molecule has 8 N–H and O–H groups in total. The van der Waals surface area contributed by atoms with E-state index >= 15 is 0 Å². The summed E-state index contributed by atoms with van der Waals surface area (Å²) in [5.41, 5.74) is 1.37. The summed E-state index contributed by atoms with van der Waals surface area (Å²) in [6.45, 7) is 22.3. The quantitative estimate of drug-likeness (QED) is 0.0456. The second-order valence-electron chi connectivity index (χ2n) is 30.4. The highest BCUT2D eigenvalue weighted by atomic mass is 16.6. The number of hydrogen-bond acceptors (Lipinski definition) is 20. The Bertz CT molecular complexity index is 2520. The minimum atomic E-state index is -1.23. The van der Waals surface area contributed by atoms with E-state index < -0.39 is 139 Å². The van der Waals surface area contributed by atoms with Gasteiger partial charge in [-0.05, 0) is 142 Å².